The number of aliphatic hydroxyl groups excluding tert-OH is 1. The molecule has 0 bridgehead atoms. The number of nitrogens with zero attached hydrogens (tertiary/aromatic N) is 4. The van der Waals surface area contributed by atoms with Gasteiger partial charge in [0.1, 0.15) is 6.04 Å². The fourth-order valence-corrected chi connectivity index (χ4v) is 5.16. The van der Waals surface area contributed by atoms with Crippen molar-refractivity contribution in [3.63, 3.8) is 0 Å². The molecule has 1 saturated heterocycles. The fraction of sp³-hybridized carbons (Fsp3) is 0.190. The molecule has 1 aliphatic rings. The van der Waals surface area contributed by atoms with Crippen molar-refractivity contribution in [2.75, 3.05) is 6.54 Å². The summed E-state index contributed by atoms with van der Waals surface area (Å²) in [5.74, 6) is -0.634. The standard InChI is InChI=1S/C21H20ClN5O4S/c22-16-6-8-19(9-7-16)32(30,31)27-14-18(28)10-20(27)21(29)25-23-11-15-12-24-26(13-15)17-4-2-1-3-5-17/h1-9,11-13,18,20,28H,10,14H2,(H,25,29)/b23-11+. The van der Waals surface area contributed by atoms with Gasteiger partial charge in [0.15, 0.2) is 0 Å². The van der Waals surface area contributed by atoms with Crippen LogP contribution >= 0.6 is 11.6 Å². The largest absolute Gasteiger partial charge is 0.392 e. The van der Waals surface area contributed by atoms with Gasteiger partial charge < -0.3 is 5.11 Å². The second-order valence-corrected chi connectivity index (χ2v) is 9.55. The number of rotatable bonds is 6. The van der Waals surface area contributed by atoms with Crippen LogP contribution in [0.5, 0.6) is 0 Å². The monoisotopic (exact) mass is 473 g/mol. The van der Waals surface area contributed by atoms with E-state index < -0.39 is 28.1 Å². The lowest BCUT2D eigenvalue weighted by Crippen LogP contribution is -2.44. The summed E-state index contributed by atoms with van der Waals surface area (Å²) in [5, 5.41) is 18.6. The van der Waals surface area contributed by atoms with Crippen LogP contribution in [0.2, 0.25) is 5.02 Å². The molecule has 1 fully saturated rings. The highest BCUT2D eigenvalue weighted by Gasteiger charge is 2.43. The fourth-order valence-electron chi connectivity index (χ4n) is 3.40. The molecule has 0 spiro atoms. The Morgan fingerprint density at radius 3 is 2.62 bits per heavy atom. The van der Waals surface area contributed by atoms with Gasteiger partial charge in [-0.3, -0.25) is 4.79 Å². The molecule has 2 atom stereocenters. The number of halogens is 1. The van der Waals surface area contributed by atoms with Gasteiger partial charge in [-0.2, -0.15) is 14.5 Å². The Morgan fingerprint density at radius 2 is 1.91 bits per heavy atom. The molecule has 2 heterocycles. The molecule has 2 aromatic carbocycles. The van der Waals surface area contributed by atoms with Gasteiger partial charge in [0.2, 0.25) is 10.0 Å². The molecular weight excluding hydrogens is 454 g/mol. The number of amides is 1. The van der Waals surface area contributed by atoms with Crippen LogP contribution in [0.4, 0.5) is 0 Å². The number of aliphatic hydroxyl groups is 1. The number of aromatic nitrogens is 2. The Hall–Kier alpha value is -3.05. The molecule has 166 valence electrons. The predicted molar refractivity (Wildman–Crippen MR) is 119 cm³/mol. The smallest absolute Gasteiger partial charge is 0.258 e. The van der Waals surface area contributed by atoms with Crippen LogP contribution in [0, 0.1) is 0 Å². The molecule has 1 aliphatic heterocycles. The molecule has 2 unspecified atom stereocenters. The highest BCUT2D eigenvalue weighted by Crippen LogP contribution is 2.27. The van der Waals surface area contributed by atoms with E-state index in [9.17, 15) is 18.3 Å². The van der Waals surface area contributed by atoms with E-state index in [0.717, 1.165) is 9.99 Å². The van der Waals surface area contributed by atoms with Gasteiger partial charge >= 0.3 is 0 Å². The third-order valence-electron chi connectivity index (χ3n) is 4.97. The average Bonchev–Trinajstić information content (AvgIpc) is 3.42. The zero-order valence-electron chi connectivity index (χ0n) is 16.7. The third kappa shape index (κ3) is 4.73. The van der Waals surface area contributed by atoms with E-state index in [1.165, 1.54) is 30.5 Å². The first-order chi connectivity index (χ1) is 15.3. The first-order valence-electron chi connectivity index (χ1n) is 9.73. The van der Waals surface area contributed by atoms with E-state index in [-0.39, 0.29) is 17.9 Å². The number of nitrogens with one attached hydrogen (secondary N) is 1. The molecule has 4 rings (SSSR count). The van der Waals surface area contributed by atoms with E-state index in [0.29, 0.717) is 10.6 Å². The summed E-state index contributed by atoms with van der Waals surface area (Å²) in [4.78, 5) is 12.7. The number of β-amino-alcohol motifs (C(OH)–C–C–N with tert-alkyl or cyclic N) is 1. The highest BCUT2D eigenvalue weighted by atomic mass is 35.5. The Bertz CT molecular complexity index is 1230. The maximum atomic E-state index is 13.0. The number of hydrogen-bond donors (Lipinski definition) is 2. The number of carbonyl (C=O) groups excluding carboxylic acids is 1. The van der Waals surface area contributed by atoms with Crippen LogP contribution in [0.1, 0.15) is 12.0 Å². The minimum absolute atomic E-state index is 0.00868. The minimum Gasteiger partial charge on any atom is -0.392 e. The summed E-state index contributed by atoms with van der Waals surface area (Å²) in [5.41, 5.74) is 3.88. The summed E-state index contributed by atoms with van der Waals surface area (Å²) < 4.78 is 28.6. The molecule has 11 heteroatoms. The normalized spacial score (nSPS) is 19.4. The molecule has 3 aromatic rings. The number of carbonyl (C=O) groups is 1. The maximum absolute atomic E-state index is 13.0. The van der Waals surface area contributed by atoms with E-state index >= 15 is 0 Å². The van der Waals surface area contributed by atoms with Crippen molar-refractivity contribution in [2.45, 2.75) is 23.5 Å². The number of benzene rings is 2. The Balaban J connectivity index is 1.45. The van der Waals surface area contributed by atoms with Gasteiger partial charge in [-0.15, -0.1) is 0 Å². The molecule has 0 radical (unpaired) electrons. The zero-order valence-corrected chi connectivity index (χ0v) is 18.3. The van der Waals surface area contributed by atoms with Gasteiger partial charge in [-0.05, 0) is 36.4 Å². The number of para-hydroxylation sites is 1. The molecule has 0 saturated carbocycles. The van der Waals surface area contributed by atoms with Crippen molar-refractivity contribution in [1.29, 1.82) is 0 Å². The number of hydrogen-bond acceptors (Lipinski definition) is 6. The van der Waals surface area contributed by atoms with Crippen LogP contribution < -0.4 is 5.43 Å². The van der Waals surface area contributed by atoms with Crippen LogP contribution in [-0.4, -0.2) is 58.4 Å². The molecule has 1 aromatic heterocycles. The lowest BCUT2D eigenvalue weighted by molar-refractivity contribution is -0.124. The number of hydrazone groups is 1. The Morgan fingerprint density at radius 1 is 1.19 bits per heavy atom. The summed E-state index contributed by atoms with van der Waals surface area (Å²) in [6.45, 7) is -0.184. The predicted octanol–water partition coefficient (Wildman–Crippen LogP) is 1.80. The quantitative estimate of drug-likeness (QED) is 0.418. The van der Waals surface area contributed by atoms with Crippen LogP contribution in [-0.2, 0) is 14.8 Å². The summed E-state index contributed by atoms with van der Waals surface area (Å²) in [7, 11) is -4.00. The van der Waals surface area contributed by atoms with Crippen molar-refractivity contribution < 1.29 is 18.3 Å². The first kappa shape index (κ1) is 22.2. The SMILES string of the molecule is O=C(N/N=C/c1cnn(-c2ccccc2)c1)C1CC(O)CN1S(=O)(=O)c1ccc(Cl)cc1. The number of sulfonamides is 1. The Labute approximate surface area is 190 Å². The summed E-state index contributed by atoms with van der Waals surface area (Å²) >= 11 is 5.83. The van der Waals surface area contributed by atoms with E-state index in [1.807, 2.05) is 30.3 Å². The third-order valence-corrected chi connectivity index (χ3v) is 7.11. The molecule has 0 aliphatic carbocycles. The zero-order chi connectivity index (χ0) is 22.7. The molecule has 1 amide bonds. The maximum Gasteiger partial charge on any atom is 0.258 e. The minimum atomic E-state index is -4.00. The van der Waals surface area contributed by atoms with Crippen molar-refractivity contribution in [3.05, 3.63) is 77.6 Å². The Kier molecular flexibility index (Phi) is 6.38. The van der Waals surface area contributed by atoms with Gasteiger partial charge in [0.25, 0.3) is 5.91 Å². The van der Waals surface area contributed by atoms with Gasteiger partial charge in [-0.25, -0.2) is 18.5 Å². The van der Waals surface area contributed by atoms with Crippen LogP contribution in [0.15, 0.2) is 77.0 Å². The second-order valence-electron chi connectivity index (χ2n) is 7.22. The van der Waals surface area contributed by atoms with E-state index in [1.54, 1.807) is 17.1 Å². The van der Waals surface area contributed by atoms with Crippen LogP contribution in [0.3, 0.4) is 0 Å². The van der Waals surface area contributed by atoms with Crippen molar-refractivity contribution in [1.82, 2.24) is 19.5 Å². The summed E-state index contributed by atoms with van der Waals surface area (Å²) in [6.07, 6.45) is 3.75. The topological polar surface area (TPSA) is 117 Å². The van der Waals surface area contributed by atoms with Crippen molar-refractivity contribution in [3.8, 4) is 5.69 Å². The molecule has 32 heavy (non-hydrogen) atoms. The van der Waals surface area contributed by atoms with Gasteiger partial charge in [0, 0.05) is 29.7 Å². The van der Waals surface area contributed by atoms with E-state index in [4.69, 9.17) is 11.6 Å². The lowest BCUT2D eigenvalue weighted by Gasteiger charge is -2.22. The lowest BCUT2D eigenvalue weighted by atomic mass is 10.2. The van der Waals surface area contributed by atoms with Crippen molar-refractivity contribution >= 4 is 33.7 Å². The van der Waals surface area contributed by atoms with Gasteiger partial charge in [-0.1, -0.05) is 29.8 Å². The summed E-state index contributed by atoms with van der Waals surface area (Å²) in [6, 6.07) is 14.0. The van der Waals surface area contributed by atoms with Gasteiger partial charge in [0.05, 0.1) is 29.1 Å². The second kappa shape index (κ2) is 9.21. The molecule has 2 N–H and O–H groups in total. The first-order valence-corrected chi connectivity index (χ1v) is 11.5. The van der Waals surface area contributed by atoms with Crippen LogP contribution in [0.25, 0.3) is 5.69 Å². The average molecular weight is 474 g/mol. The molecule has 9 nitrogen and oxygen atoms in total. The van der Waals surface area contributed by atoms with E-state index in [2.05, 4.69) is 15.6 Å². The van der Waals surface area contributed by atoms with Crippen molar-refractivity contribution in [2.24, 2.45) is 5.10 Å². The highest BCUT2D eigenvalue weighted by molar-refractivity contribution is 7.89. The molecular formula is C21H20ClN5O4S.